The minimum absolute atomic E-state index is 0.00964. The fourth-order valence-corrected chi connectivity index (χ4v) is 5.46. The number of fused-ring (bicyclic) bond motifs is 2. The van der Waals surface area contributed by atoms with Gasteiger partial charge in [-0.3, -0.25) is 14.3 Å². The molecule has 1 fully saturated rings. The number of rotatable bonds is 5. The molecule has 34 heavy (non-hydrogen) atoms. The Hall–Kier alpha value is -3.45. The first-order chi connectivity index (χ1) is 16.7. The fraction of sp³-hybridized carbons (Fsp3) is 0.222. The molecule has 1 aromatic heterocycles. The van der Waals surface area contributed by atoms with Crippen LogP contribution in [0, 0.1) is 5.82 Å². The minimum atomic E-state index is -0.317. The lowest BCUT2D eigenvalue weighted by Crippen LogP contribution is -2.28. The Bertz CT molecular complexity index is 1330. The van der Waals surface area contributed by atoms with Crippen molar-refractivity contribution in [3.63, 3.8) is 0 Å². The maximum Gasteiger partial charge on any atom is 0.242 e. The van der Waals surface area contributed by atoms with Crippen LogP contribution in [0.15, 0.2) is 78.0 Å². The zero-order chi connectivity index (χ0) is 23.1. The smallest absolute Gasteiger partial charge is 0.242 e. The van der Waals surface area contributed by atoms with Gasteiger partial charge < -0.3 is 0 Å². The van der Waals surface area contributed by atoms with Crippen LogP contribution in [0.25, 0.3) is 11.4 Å². The lowest BCUT2D eigenvalue weighted by molar-refractivity contribution is -0.115. The van der Waals surface area contributed by atoms with Crippen LogP contribution in [0.3, 0.4) is 0 Å². The van der Waals surface area contributed by atoms with Crippen LogP contribution in [-0.2, 0) is 17.6 Å². The maximum absolute atomic E-state index is 14.5. The van der Waals surface area contributed by atoms with Crippen molar-refractivity contribution in [3.05, 3.63) is 89.7 Å². The molecule has 0 atom stereocenters. The Morgan fingerprint density at radius 1 is 0.882 bits per heavy atom. The molecule has 0 radical (unpaired) electrons. The molecule has 1 aliphatic carbocycles. The van der Waals surface area contributed by atoms with E-state index in [0.717, 1.165) is 37.1 Å². The van der Waals surface area contributed by atoms with Gasteiger partial charge in [-0.2, -0.15) is 0 Å². The van der Waals surface area contributed by atoms with Gasteiger partial charge >= 0.3 is 0 Å². The molecule has 4 aromatic rings. The lowest BCUT2D eigenvalue weighted by Gasteiger charge is -2.25. The number of carbonyl (C=O) groups excluding carboxylic acids is 1. The van der Waals surface area contributed by atoms with Gasteiger partial charge in [0, 0.05) is 6.04 Å². The van der Waals surface area contributed by atoms with E-state index < -0.39 is 0 Å². The number of thioether (sulfide) groups is 1. The van der Waals surface area contributed by atoms with Crippen LogP contribution in [0.1, 0.15) is 30.0 Å². The van der Waals surface area contributed by atoms with E-state index in [1.54, 1.807) is 18.2 Å². The predicted molar refractivity (Wildman–Crippen MR) is 132 cm³/mol. The topological polar surface area (TPSA) is 51.0 Å². The molecule has 5 nitrogen and oxygen atoms in total. The van der Waals surface area contributed by atoms with E-state index >= 15 is 0 Å². The summed E-state index contributed by atoms with van der Waals surface area (Å²) in [4.78, 5) is 15.5. The Kier molecular flexibility index (Phi) is 5.41. The molecular formula is C27H23FN4OS. The third-order valence-corrected chi connectivity index (χ3v) is 7.32. The van der Waals surface area contributed by atoms with Crippen molar-refractivity contribution in [1.82, 2.24) is 14.8 Å². The fourth-order valence-electron chi connectivity index (χ4n) is 4.60. The number of hydrogen-bond acceptors (Lipinski definition) is 4. The first-order valence-corrected chi connectivity index (χ1v) is 12.5. The summed E-state index contributed by atoms with van der Waals surface area (Å²) in [6, 6.07) is 23.1. The van der Waals surface area contributed by atoms with E-state index in [1.807, 2.05) is 45.9 Å². The molecule has 0 N–H and O–H groups in total. The molecule has 0 unspecified atom stereocenters. The number of benzene rings is 3. The molecule has 3 aromatic carbocycles. The highest BCUT2D eigenvalue weighted by Crippen LogP contribution is 2.42. The molecule has 0 bridgehead atoms. The summed E-state index contributed by atoms with van der Waals surface area (Å²) >= 11 is 1.37. The van der Waals surface area contributed by atoms with Gasteiger partial charge in [0.2, 0.25) is 5.91 Å². The molecule has 2 heterocycles. The van der Waals surface area contributed by atoms with Crippen LogP contribution in [0.5, 0.6) is 0 Å². The van der Waals surface area contributed by atoms with E-state index in [1.165, 1.54) is 29.0 Å². The number of nitrogens with zero attached hydrogens (tertiary/aromatic N) is 4. The standard InChI is InChI=1S/C27H23FN4OS/c28-22-10-4-3-9-21(22)26-29-30-27(31(26)20-15-16-20)34-17-25(33)32-23-11-5-1-7-18(23)13-14-19-8-2-6-12-24(19)32/h1-12,20H,13-17H2. The number of anilines is 2. The molecule has 1 aliphatic heterocycles. The molecule has 2 aliphatic rings. The molecular weight excluding hydrogens is 447 g/mol. The summed E-state index contributed by atoms with van der Waals surface area (Å²) in [7, 11) is 0. The number of halogens is 1. The monoisotopic (exact) mass is 470 g/mol. The second-order valence-corrected chi connectivity index (χ2v) is 9.60. The van der Waals surface area contributed by atoms with Gasteiger partial charge in [0.25, 0.3) is 0 Å². The normalized spacial score (nSPS) is 14.9. The minimum Gasteiger partial charge on any atom is -0.299 e. The van der Waals surface area contributed by atoms with Crippen molar-refractivity contribution < 1.29 is 9.18 Å². The third kappa shape index (κ3) is 3.80. The molecule has 1 amide bonds. The van der Waals surface area contributed by atoms with E-state index in [9.17, 15) is 9.18 Å². The number of carbonyl (C=O) groups is 1. The van der Waals surface area contributed by atoms with Crippen LogP contribution in [-0.4, -0.2) is 26.4 Å². The zero-order valence-corrected chi connectivity index (χ0v) is 19.3. The van der Waals surface area contributed by atoms with Crippen molar-refractivity contribution in [3.8, 4) is 11.4 Å². The summed E-state index contributed by atoms with van der Waals surface area (Å²) in [6.07, 6.45) is 3.81. The SMILES string of the molecule is O=C(CSc1nnc(-c2ccccc2F)n1C1CC1)N1c2ccccc2CCc2ccccc21. The van der Waals surface area contributed by atoms with Crippen LogP contribution in [0.4, 0.5) is 15.8 Å². The summed E-state index contributed by atoms with van der Waals surface area (Å²) < 4.78 is 16.5. The number of amides is 1. The van der Waals surface area contributed by atoms with Gasteiger partial charge in [-0.25, -0.2) is 4.39 Å². The largest absolute Gasteiger partial charge is 0.299 e. The molecule has 0 saturated heterocycles. The van der Waals surface area contributed by atoms with E-state index in [2.05, 4.69) is 22.3 Å². The first kappa shape index (κ1) is 21.1. The van der Waals surface area contributed by atoms with E-state index in [4.69, 9.17) is 0 Å². The van der Waals surface area contributed by atoms with Crippen LogP contribution in [0.2, 0.25) is 0 Å². The summed E-state index contributed by atoms with van der Waals surface area (Å²) in [5.74, 6) is 0.415. The average molecular weight is 471 g/mol. The van der Waals surface area contributed by atoms with Gasteiger partial charge in [0.05, 0.1) is 22.7 Å². The Morgan fingerprint density at radius 3 is 2.15 bits per heavy atom. The van der Waals surface area contributed by atoms with Gasteiger partial charge in [-0.15, -0.1) is 10.2 Å². The lowest BCUT2D eigenvalue weighted by atomic mass is 10.0. The van der Waals surface area contributed by atoms with Crippen LogP contribution >= 0.6 is 11.8 Å². The molecule has 7 heteroatoms. The van der Waals surface area contributed by atoms with E-state index in [-0.39, 0.29) is 23.5 Å². The van der Waals surface area contributed by atoms with Crippen molar-refractivity contribution in [2.45, 2.75) is 36.9 Å². The number of aryl methyl sites for hydroxylation is 2. The number of para-hydroxylation sites is 2. The Morgan fingerprint density at radius 2 is 1.50 bits per heavy atom. The molecule has 6 rings (SSSR count). The first-order valence-electron chi connectivity index (χ1n) is 11.5. The van der Waals surface area contributed by atoms with E-state index in [0.29, 0.717) is 16.5 Å². The van der Waals surface area contributed by atoms with Gasteiger partial charge in [-0.05, 0) is 61.1 Å². The quantitative estimate of drug-likeness (QED) is 0.337. The molecule has 1 saturated carbocycles. The van der Waals surface area contributed by atoms with Gasteiger partial charge in [0.15, 0.2) is 11.0 Å². The number of aromatic nitrogens is 3. The van der Waals surface area contributed by atoms with Crippen molar-refractivity contribution in [2.75, 3.05) is 10.7 Å². The zero-order valence-electron chi connectivity index (χ0n) is 18.5. The second-order valence-electron chi connectivity index (χ2n) is 8.66. The van der Waals surface area contributed by atoms with Crippen molar-refractivity contribution in [1.29, 1.82) is 0 Å². The van der Waals surface area contributed by atoms with Gasteiger partial charge in [-0.1, -0.05) is 60.3 Å². The van der Waals surface area contributed by atoms with Crippen LogP contribution < -0.4 is 4.90 Å². The summed E-state index contributed by atoms with van der Waals surface area (Å²) in [5, 5.41) is 9.33. The summed E-state index contributed by atoms with van der Waals surface area (Å²) in [5.41, 5.74) is 4.65. The maximum atomic E-state index is 14.5. The average Bonchev–Trinajstić information content (AvgIpc) is 3.64. The van der Waals surface area contributed by atoms with Gasteiger partial charge in [0.1, 0.15) is 5.82 Å². The predicted octanol–water partition coefficient (Wildman–Crippen LogP) is 5.97. The Labute approximate surface area is 201 Å². The highest BCUT2D eigenvalue weighted by atomic mass is 32.2. The Balaban J connectivity index is 1.32. The van der Waals surface area contributed by atoms with Crippen molar-refractivity contribution in [2.24, 2.45) is 0 Å². The highest BCUT2D eigenvalue weighted by molar-refractivity contribution is 7.99. The number of hydrogen-bond donors (Lipinski definition) is 0. The summed E-state index contributed by atoms with van der Waals surface area (Å²) in [6.45, 7) is 0. The molecule has 170 valence electrons. The second kappa shape index (κ2) is 8.72. The molecule has 0 spiro atoms. The van der Waals surface area contributed by atoms with Crippen molar-refractivity contribution >= 4 is 29.0 Å². The third-order valence-electron chi connectivity index (χ3n) is 6.39. The highest BCUT2D eigenvalue weighted by Gasteiger charge is 2.32.